The molecule has 0 saturated heterocycles. The predicted octanol–water partition coefficient (Wildman–Crippen LogP) is 3.74. The number of amides is 1. The fourth-order valence-electron chi connectivity index (χ4n) is 2.39. The molecule has 3 heteroatoms. The predicted molar refractivity (Wildman–Crippen MR) is 88.2 cm³/mol. The van der Waals surface area contributed by atoms with Gasteiger partial charge in [0.1, 0.15) is 0 Å². The number of aromatic nitrogens is 1. The van der Waals surface area contributed by atoms with Crippen LogP contribution in [0.3, 0.4) is 0 Å². The first-order chi connectivity index (χ1) is 10.2. The summed E-state index contributed by atoms with van der Waals surface area (Å²) < 4.78 is 0. The first-order valence-electron chi connectivity index (χ1n) is 7.34. The van der Waals surface area contributed by atoms with Gasteiger partial charge in [0, 0.05) is 23.6 Å². The molecule has 1 aromatic carbocycles. The zero-order chi connectivity index (χ0) is 15.1. The zero-order valence-corrected chi connectivity index (χ0v) is 12.6. The number of fused-ring (bicyclic) bond motifs is 1. The Morgan fingerprint density at radius 2 is 2.10 bits per heavy atom. The van der Waals surface area contributed by atoms with Gasteiger partial charge in [-0.2, -0.15) is 0 Å². The van der Waals surface area contributed by atoms with Crippen molar-refractivity contribution in [3.63, 3.8) is 0 Å². The molecule has 0 radical (unpaired) electrons. The largest absolute Gasteiger partial charge is 0.361 e. The van der Waals surface area contributed by atoms with E-state index < -0.39 is 0 Å². The fraction of sp³-hybridized carbons (Fsp3) is 0.278. The van der Waals surface area contributed by atoms with E-state index in [1.54, 1.807) is 0 Å². The van der Waals surface area contributed by atoms with Crippen molar-refractivity contribution in [3.05, 3.63) is 59.8 Å². The highest BCUT2D eigenvalue weighted by Gasteiger charge is 2.05. The monoisotopic (exact) mass is 282 g/mol. The summed E-state index contributed by atoms with van der Waals surface area (Å²) in [5.74, 6) is 0.0704. The molecule has 0 aliphatic heterocycles. The van der Waals surface area contributed by atoms with Crippen molar-refractivity contribution in [2.45, 2.75) is 26.7 Å². The molecule has 1 amide bonds. The van der Waals surface area contributed by atoms with Crippen LogP contribution in [0, 0.1) is 0 Å². The van der Waals surface area contributed by atoms with Crippen molar-refractivity contribution in [2.24, 2.45) is 0 Å². The minimum absolute atomic E-state index is 0.0704. The van der Waals surface area contributed by atoms with E-state index >= 15 is 0 Å². The minimum Gasteiger partial charge on any atom is -0.361 e. The number of hydrogen-bond acceptors (Lipinski definition) is 1. The highest BCUT2D eigenvalue weighted by atomic mass is 16.1. The van der Waals surface area contributed by atoms with Gasteiger partial charge in [-0.15, -0.1) is 0 Å². The Bertz CT molecular complexity index is 665. The van der Waals surface area contributed by atoms with Crippen LogP contribution in [0.2, 0.25) is 0 Å². The van der Waals surface area contributed by atoms with Gasteiger partial charge in [-0.3, -0.25) is 4.79 Å². The standard InChI is InChI=1S/C18H22N2O/c1-3-7-14(4-2)12-18(21)19-11-10-15-13-20-17-9-6-5-8-16(15)17/h3-9,13,20H,10-12H2,1-2H3,(H,19,21)/b7-3-,14-4+. The second kappa shape index (κ2) is 7.48. The number of para-hydroxylation sites is 1. The first-order valence-corrected chi connectivity index (χ1v) is 7.34. The van der Waals surface area contributed by atoms with Crippen molar-refractivity contribution in [2.75, 3.05) is 6.54 Å². The summed E-state index contributed by atoms with van der Waals surface area (Å²) in [6.07, 6.45) is 9.19. The van der Waals surface area contributed by atoms with E-state index in [9.17, 15) is 4.79 Å². The lowest BCUT2D eigenvalue weighted by atomic mass is 10.1. The average Bonchev–Trinajstić information content (AvgIpc) is 2.90. The molecule has 0 aliphatic carbocycles. The molecular weight excluding hydrogens is 260 g/mol. The van der Waals surface area contributed by atoms with Crippen LogP contribution in [-0.4, -0.2) is 17.4 Å². The smallest absolute Gasteiger partial charge is 0.224 e. The van der Waals surface area contributed by atoms with Crippen LogP contribution in [0.1, 0.15) is 25.8 Å². The summed E-state index contributed by atoms with van der Waals surface area (Å²) in [5.41, 5.74) is 3.43. The molecule has 0 fully saturated rings. The van der Waals surface area contributed by atoms with E-state index in [-0.39, 0.29) is 5.91 Å². The van der Waals surface area contributed by atoms with Crippen LogP contribution < -0.4 is 5.32 Å². The molecule has 110 valence electrons. The number of H-pyrrole nitrogens is 1. The molecule has 1 aromatic heterocycles. The van der Waals surface area contributed by atoms with Crippen LogP contribution in [0.15, 0.2) is 54.3 Å². The number of carbonyl (C=O) groups excluding carboxylic acids is 1. The van der Waals surface area contributed by atoms with E-state index in [1.165, 1.54) is 10.9 Å². The lowest BCUT2D eigenvalue weighted by molar-refractivity contribution is -0.120. The Morgan fingerprint density at radius 1 is 1.29 bits per heavy atom. The fourth-order valence-corrected chi connectivity index (χ4v) is 2.39. The summed E-state index contributed by atoms with van der Waals surface area (Å²) in [6, 6.07) is 8.22. The SMILES string of the molecule is C/C=C\C(=C/C)CC(=O)NCCc1c[nH]c2ccccc12. The molecule has 0 spiro atoms. The summed E-state index contributed by atoms with van der Waals surface area (Å²) in [6.45, 7) is 4.57. The Balaban J connectivity index is 1.85. The topological polar surface area (TPSA) is 44.9 Å². The van der Waals surface area contributed by atoms with Crippen LogP contribution in [0.5, 0.6) is 0 Å². The Hall–Kier alpha value is -2.29. The lowest BCUT2D eigenvalue weighted by Gasteiger charge is -2.05. The number of carbonyl (C=O) groups is 1. The summed E-state index contributed by atoms with van der Waals surface area (Å²) in [7, 11) is 0. The normalized spacial score (nSPS) is 12.2. The maximum absolute atomic E-state index is 11.9. The number of nitrogens with one attached hydrogen (secondary N) is 2. The molecule has 0 aliphatic rings. The Morgan fingerprint density at radius 3 is 2.86 bits per heavy atom. The third-order valence-corrected chi connectivity index (χ3v) is 3.51. The molecule has 21 heavy (non-hydrogen) atoms. The van der Waals surface area contributed by atoms with E-state index in [4.69, 9.17) is 0 Å². The van der Waals surface area contributed by atoms with Crippen molar-refractivity contribution < 1.29 is 4.79 Å². The first kappa shape index (κ1) is 15.1. The third kappa shape index (κ3) is 4.09. The van der Waals surface area contributed by atoms with Gasteiger partial charge in [-0.25, -0.2) is 0 Å². The quantitative estimate of drug-likeness (QED) is 0.779. The summed E-state index contributed by atoms with van der Waals surface area (Å²) >= 11 is 0. The van der Waals surface area contributed by atoms with Gasteiger partial charge in [-0.05, 0) is 37.5 Å². The lowest BCUT2D eigenvalue weighted by Crippen LogP contribution is -2.25. The maximum atomic E-state index is 11.9. The van der Waals surface area contributed by atoms with Gasteiger partial charge in [0.25, 0.3) is 0 Å². The summed E-state index contributed by atoms with van der Waals surface area (Å²) in [4.78, 5) is 15.1. The zero-order valence-electron chi connectivity index (χ0n) is 12.6. The highest BCUT2D eigenvalue weighted by Crippen LogP contribution is 2.17. The minimum atomic E-state index is 0.0704. The Labute approximate surface area is 125 Å². The molecule has 0 saturated carbocycles. The van der Waals surface area contributed by atoms with Crippen LogP contribution in [0.4, 0.5) is 0 Å². The molecule has 2 aromatic rings. The highest BCUT2D eigenvalue weighted by molar-refractivity contribution is 5.83. The number of allylic oxidation sites excluding steroid dienone is 3. The van der Waals surface area contributed by atoms with Gasteiger partial charge in [-0.1, -0.05) is 36.4 Å². The van der Waals surface area contributed by atoms with Crippen LogP contribution in [0.25, 0.3) is 10.9 Å². The van der Waals surface area contributed by atoms with E-state index in [1.807, 2.05) is 50.4 Å². The molecule has 0 bridgehead atoms. The molecule has 2 N–H and O–H groups in total. The van der Waals surface area contributed by atoms with Crippen molar-refractivity contribution in [1.29, 1.82) is 0 Å². The number of rotatable bonds is 6. The van der Waals surface area contributed by atoms with E-state index in [0.29, 0.717) is 13.0 Å². The molecule has 3 nitrogen and oxygen atoms in total. The molecule has 1 heterocycles. The average molecular weight is 282 g/mol. The van der Waals surface area contributed by atoms with Gasteiger partial charge in [0.15, 0.2) is 0 Å². The van der Waals surface area contributed by atoms with Gasteiger partial charge in [0.2, 0.25) is 5.91 Å². The number of hydrogen-bond donors (Lipinski definition) is 2. The van der Waals surface area contributed by atoms with Gasteiger partial charge < -0.3 is 10.3 Å². The van der Waals surface area contributed by atoms with Crippen molar-refractivity contribution in [1.82, 2.24) is 10.3 Å². The van der Waals surface area contributed by atoms with Crippen molar-refractivity contribution >= 4 is 16.8 Å². The molecule has 2 rings (SSSR count). The summed E-state index contributed by atoms with van der Waals surface area (Å²) in [5, 5.41) is 4.21. The third-order valence-electron chi connectivity index (χ3n) is 3.51. The second-order valence-electron chi connectivity index (χ2n) is 5.00. The second-order valence-corrected chi connectivity index (χ2v) is 5.00. The number of benzene rings is 1. The Kier molecular flexibility index (Phi) is 5.38. The van der Waals surface area contributed by atoms with Crippen LogP contribution >= 0.6 is 0 Å². The van der Waals surface area contributed by atoms with E-state index in [0.717, 1.165) is 17.5 Å². The molecular formula is C18H22N2O. The van der Waals surface area contributed by atoms with Crippen molar-refractivity contribution in [3.8, 4) is 0 Å². The maximum Gasteiger partial charge on any atom is 0.224 e. The number of aromatic amines is 1. The van der Waals surface area contributed by atoms with E-state index in [2.05, 4.69) is 22.4 Å². The molecule has 0 atom stereocenters. The van der Waals surface area contributed by atoms with Gasteiger partial charge >= 0.3 is 0 Å². The van der Waals surface area contributed by atoms with Crippen LogP contribution in [-0.2, 0) is 11.2 Å². The van der Waals surface area contributed by atoms with Gasteiger partial charge in [0.05, 0.1) is 6.42 Å². The molecule has 0 unspecified atom stereocenters.